The van der Waals surface area contributed by atoms with Gasteiger partial charge in [-0.3, -0.25) is 4.79 Å². The van der Waals surface area contributed by atoms with Gasteiger partial charge in [-0.1, -0.05) is 6.07 Å². The van der Waals surface area contributed by atoms with Gasteiger partial charge < -0.3 is 15.4 Å². The lowest BCUT2D eigenvalue weighted by Crippen LogP contribution is -2.29. The average molecular weight is 290 g/mol. The van der Waals surface area contributed by atoms with E-state index in [0.717, 1.165) is 6.42 Å². The van der Waals surface area contributed by atoms with E-state index in [-0.39, 0.29) is 5.91 Å². The molecule has 0 saturated carbocycles. The number of nitrogen functional groups attached to an aromatic ring is 1. The second-order valence-electron chi connectivity index (χ2n) is 4.52. The Balaban J connectivity index is 2.08. The van der Waals surface area contributed by atoms with Crippen LogP contribution in [0.2, 0.25) is 0 Å². The summed E-state index contributed by atoms with van der Waals surface area (Å²) in [5, 5.41) is 2.04. The molecule has 1 aromatic heterocycles. The Morgan fingerprint density at radius 2 is 2.20 bits per heavy atom. The number of hydrogen-bond donors (Lipinski definition) is 1. The van der Waals surface area contributed by atoms with Gasteiger partial charge in [0.25, 0.3) is 5.91 Å². The summed E-state index contributed by atoms with van der Waals surface area (Å²) in [4.78, 5) is 15.4. The molecular weight excluding hydrogens is 272 g/mol. The van der Waals surface area contributed by atoms with Crippen LogP contribution in [0.1, 0.15) is 15.2 Å². The number of amides is 1. The number of benzene rings is 1. The van der Waals surface area contributed by atoms with Crippen molar-refractivity contribution in [2.75, 3.05) is 26.4 Å². The standard InChI is InChI=1S/C15H18N2O2S/c1-17(8-7-12-4-3-9-20-12)15(18)13-10-11(16)5-6-14(13)19-2/h3-6,9-10H,7-8,16H2,1-2H3. The number of ether oxygens (including phenoxy) is 1. The quantitative estimate of drug-likeness (QED) is 0.861. The molecule has 0 radical (unpaired) electrons. The lowest BCUT2D eigenvalue weighted by atomic mass is 10.1. The van der Waals surface area contributed by atoms with E-state index in [2.05, 4.69) is 6.07 Å². The molecular formula is C15H18N2O2S. The number of carbonyl (C=O) groups excluding carboxylic acids is 1. The Labute approximate surface area is 122 Å². The van der Waals surface area contributed by atoms with E-state index in [1.54, 1.807) is 48.6 Å². The van der Waals surface area contributed by atoms with Gasteiger partial charge in [-0.05, 0) is 36.1 Å². The highest BCUT2D eigenvalue weighted by Gasteiger charge is 2.16. The Kier molecular flexibility index (Phi) is 4.63. The Hall–Kier alpha value is -2.01. The van der Waals surface area contributed by atoms with Crippen molar-refractivity contribution in [3.8, 4) is 5.75 Å². The van der Waals surface area contributed by atoms with Crippen LogP contribution in [0.4, 0.5) is 5.69 Å². The number of carbonyl (C=O) groups is 1. The monoisotopic (exact) mass is 290 g/mol. The largest absolute Gasteiger partial charge is 0.496 e. The average Bonchev–Trinajstić information content (AvgIpc) is 2.97. The molecule has 5 heteroatoms. The predicted molar refractivity (Wildman–Crippen MR) is 82.4 cm³/mol. The molecule has 0 bridgehead atoms. The van der Waals surface area contributed by atoms with Gasteiger partial charge in [-0.25, -0.2) is 0 Å². The first-order valence-corrected chi connectivity index (χ1v) is 7.21. The van der Waals surface area contributed by atoms with Crippen LogP contribution in [-0.2, 0) is 6.42 Å². The highest BCUT2D eigenvalue weighted by atomic mass is 32.1. The maximum Gasteiger partial charge on any atom is 0.257 e. The van der Waals surface area contributed by atoms with Crippen molar-refractivity contribution >= 4 is 22.9 Å². The topological polar surface area (TPSA) is 55.6 Å². The van der Waals surface area contributed by atoms with Crippen LogP contribution in [0.5, 0.6) is 5.75 Å². The smallest absolute Gasteiger partial charge is 0.257 e. The SMILES string of the molecule is COc1ccc(N)cc1C(=O)N(C)CCc1cccs1. The first-order valence-electron chi connectivity index (χ1n) is 6.33. The van der Waals surface area contributed by atoms with E-state index in [1.807, 2.05) is 11.4 Å². The summed E-state index contributed by atoms with van der Waals surface area (Å²) in [6.07, 6.45) is 0.852. The summed E-state index contributed by atoms with van der Waals surface area (Å²) in [5.41, 5.74) is 6.80. The van der Waals surface area contributed by atoms with Gasteiger partial charge >= 0.3 is 0 Å². The number of methoxy groups -OCH3 is 1. The van der Waals surface area contributed by atoms with Crippen molar-refractivity contribution < 1.29 is 9.53 Å². The van der Waals surface area contributed by atoms with Gasteiger partial charge in [0.05, 0.1) is 12.7 Å². The lowest BCUT2D eigenvalue weighted by molar-refractivity contribution is 0.0793. The molecule has 0 atom stereocenters. The summed E-state index contributed by atoms with van der Waals surface area (Å²) in [5.74, 6) is 0.470. The highest BCUT2D eigenvalue weighted by Crippen LogP contribution is 2.22. The van der Waals surface area contributed by atoms with Crippen molar-refractivity contribution in [1.29, 1.82) is 0 Å². The fourth-order valence-electron chi connectivity index (χ4n) is 1.93. The van der Waals surface area contributed by atoms with Crippen LogP contribution < -0.4 is 10.5 Å². The van der Waals surface area contributed by atoms with Crippen LogP contribution in [0.15, 0.2) is 35.7 Å². The van der Waals surface area contributed by atoms with Gasteiger partial charge in [0.2, 0.25) is 0 Å². The zero-order valence-electron chi connectivity index (χ0n) is 11.6. The number of nitrogens with two attached hydrogens (primary N) is 1. The van der Waals surface area contributed by atoms with E-state index in [9.17, 15) is 4.79 Å². The fraction of sp³-hybridized carbons (Fsp3) is 0.267. The molecule has 2 aromatic rings. The first-order chi connectivity index (χ1) is 9.61. The maximum atomic E-state index is 12.4. The van der Waals surface area contributed by atoms with E-state index >= 15 is 0 Å². The minimum Gasteiger partial charge on any atom is -0.496 e. The van der Waals surface area contributed by atoms with Crippen molar-refractivity contribution in [3.05, 3.63) is 46.2 Å². The Morgan fingerprint density at radius 3 is 2.85 bits per heavy atom. The Morgan fingerprint density at radius 1 is 1.40 bits per heavy atom. The zero-order valence-corrected chi connectivity index (χ0v) is 12.4. The minimum atomic E-state index is -0.0780. The van der Waals surface area contributed by atoms with Gasteiger partial charge in [-0.15, -0.1) is 11.3 Å². The van der Waals surface area contributed by atoms with Crippen molar-refractivity contribution in [2.24, 2.45) is 0 Å². The molecule has 0 aliphatic carbocycles. The number of thiophene rings is 1. The molecule has 1 heterocycles. The molecule has 1 aromatic carbocycles. The second-order valence-corrected chi connectivity index (χ2v) is 5.55. The normalized spacial score (nSPS) is 10.3. The molecule has 0 fully saturated rings. The number of hydrogen-bond acceptors (Lipinski definition) is 4. The zero-order chi connectivity index (χ0) is 14.5. The number of nitrogens with zero attached hydrogens (tertiary/aromatic N) is 1. The number of anilines is 1. The molecule has 0 unspecified atom stereocenters. The van der Waals surface area contributed by atoms with Crippen molar-refractivity contribution in [2.45, 2.75) is 6.42 Å². The first kappa shape index (κ1) is 14.4. The van der Waals surface area contributed by atoms with E-state index in [4.69, 9.17) is 10.5 Å². The molecule has 2 rings (SSSR count). The van der Waals surface area contributed by atoms with Crippen LogP contribution >= 0.6 is 11.3 Å². The predicted octanol–water partition coefficient (Wildman–Crippen LogP) is 2.65. The number of rotatable bonds is 5. The maximum absolute atomic E-state index is 12.4. The van der Waals surface area contributed by atoms with Crippen molar-refractivity contribution in [1.82, 2.24) is 4.90 Å². The third-order valence-corrected chi connectivity index (χ3v) is 4.01. The summed E-state index contributed by atoms with van der Waals surface area (Å²) in [6, 6.07) is 9.19. The summed E-state index contributed by atoms with van der Waals surface area (Å²) >= 11 is 1.70. The Bertz CT molecular complexity index is 582. The molecule has 0 aliphatic heterocycles. The summed E-state index contributed by atoms with van der Waals surface area (Å²) in [6.45, 7) is 0.664. The molecule has 0 aliphatic rings. The van der Waals surface area contributed by atoms with Crippen LogP contribution in [0, 0.1) is 0 Å². The molecule has 4 nitrogen and oxygen atoms in total. The molecule has 106 valence electrons. The fourth-order valence-corrected chi connectivity index (χ4v) is 2.63. The molecule has 0 saturated heterocycles. The third-order valence-electron chi connectivity index (χ3n) is 3.07. The highest BCUT2D eigenvalue weighted by molar-refractivity contribution is 7.09. The minimum absolute atomic E-state index is 0.0780. The molecule has 20 heavy (non-hydrogen) atoms. The van der Waals surface area contributed by atoms with Crippen LogP contribution in [-0.4, -0.2) is 31.5 Å². The second kappa shape index (κ2) is 6.43. The van der Waals surface area contributed by atoms with Crippen LogP contribution in [0.3, 0.4) is 0 Å². The third kappa shape index (κ3) is 3.30. The van der Waals surface area contributed by atoms with Crippen LogP contribution in [0.25, 0.3) is 0 Å². The molecule has 1 amide bonds. The summed E-state index contributed by atoms with van der Waals surface area (Å²) in [7, 11) is 3.34. The van der Waals surface area contributed by atoms with Gasteiger partial charge in [0.15, 0.2) is 0 Å². The van der Waals surface area contributed by atoms with E-state index < -0.39 is 0 Å². The summed E-state index contributed by atoms with van der Waals surface area (Å²) < 4.78 is 5.22. The molecule has 2 N–H and O–H groups in total. The number of likely N-dealkylation sites (N-methyl/N-ethyl adjacent to an activating group) is 1. The van der Waals surface area contributed by atoms with E-state index in [1.165, 1.54) is 4.88 Å². The lowest BCUT2D eigenvalue weighted by Gasteiger charge is -2.18. The van der Waals surface area contributed by atoms with E-state index in [0.29, 0.717) is 23.5 Å². The van der Waals surface area contributed by atoms with Gasteiger partial charge in [0, 0.05) is 24.2 Å². The van der Waals surface area contributed by atoms with Gasteiger partial charge in [0.1, 0.15) is 5.75 Å². The molecule has 0 spiro atoms. The van der Waals surface area contributed by atoms with Gasteiger partial charge in [-0.2, -0.15) is 0 Å². The van der Waals surface area contributed by atoms with Crippen molar-refractivity contribution in [3.63, 3.8) is 0 Å².